The number of esters is 2. The average molecular weight is 314 g/mol. The van der Waals surface area contributed by atoms with E-state index in [1.807, 2.05) is 0 Å². The first-order valence-corrected chi connectivity index (χ1v) is 6.72. The number of aryl methyl sites for hydroxylation is 1. The molecule has 0 atom stereocenters. The molecule has 6 nitrogen and oxygen atoms in total. The molecule has 0 heterocycles. The average Bonchev–Trinajstić information content (AvgIpc) is 2.53. The Kier molecular flexibility index (Phi) is 5.09. The second-order valence-corrected chi connectivity index (χ2v) is 4.74. The molecule has 0 amide bonds. The fourth-order valence-corrected chi connectivity index (χ4v) is 1.85. The number of aldehydes is 1. The predicted molar refractivity (Wildman–Crippen MR) is 80.6 cm³/mol. The summed E-state index contributed by atoms with van der Waals surface area (Å²) in [5.41, 5.74) is 1.16. The molecule has 0 aliphatic rings. The van der Waals surface area contributed by atoms with E-state index in [0.717, 1.165) is 0 Å². The zero-order chi connectivity index (χ0) is 16.8. The van der Waals surface area contributed by atoms with Crippen LogP contribution in [0.25, 0.3) is 0 Å². The summed E-state index contributed by atoms with van der Waals surface area (Å²) in [4.78, 5) is 34.0. The summed E-state index contributed by atoms with van der Waals surface area (Å²) in [6, 6.07) is 10.2. The molecule has 0 saturated carbocycles. The summed E-state index contributed by atoms with van der Waals surface area (Å²) < 4.78 is 9.85. The van der Waals surface area contributed by atoms with Crippen molar-refractivity contribution in [3.8, 4) is 11.5 Å². The van der Waals surface area contributed by atoms with Crippen molar-refractivity contribution in [2.45, 2.75) is 6.92 Å². The Hall–Kier alpha value is -3.15. The summed E-state index contributed by atoms with van der Waals surface area (Å²) >= 11 is 0. The number of phenols is 1. The van der Waals surface area contributed by atoms with Crippen molar-refractivity contribution in [1.82, 2.24) is 0 Å². The van der Waals surface area contributed by atoms with Crippen LogP contribution < -0.4 is 4.74 Å². The van der Waals surface area contributed by atoms with Crippen molar-refractivity contribution in [1.29, 1.82) is 0 Å². The third kappa shape index (κ3) is 4.41. The first-order valence-electron chi connectivity index (χ1n) is 6.72. The smallest absolute Gasteiger partial charge is 0.352 e. The molecule has 0 spiro atoms. The maximum Gasteiger partial charge on any atom is 0.352 e. The van der Waals surface area contributed by atoms with Crippen LogP contribution >= 0.6 is 0 Å². The molecule has 0 radical (unpaired) electrons. The molecule has 2 aromatic rings. The Morgan fingerprint density at radius 1 is 1.13 bits per heavy atom. The fourth-order valence-electron chi connectivity index (χ4n) is 1.85. The molecule has 2 aromatic carbocycles. The SMILES string of the molecule is Cc1cc(O)ccc1C(=O)OC(=O)COc1ccc(C=O)cc1. The van der Waals surface area contributed by atoms with Gasteiger partial charge in [-0.25, -0.2) is 9.59 Å². The lowest BCUT2D eigenvalue weighted by atomic mass is 10.1. The highest BCUT2D eigenvalue weighted by Gasteiger charge is 2.16. The predicted octanol–water partition coefficient (Wildman–Crippen LogP) is 2.28. The van der Waals surface area contributed by atoms with Crippen LogP contribution in [-0.2, 0) is 9.53 Å². The summed E-state index contributed by atoms with van der Waals surface area (Å²) in [6.07, 6.45) is 0.691. The highest BCUT2D eigenvalue weighted by molar-refractivity contribution is 5.98. The van der Waals surface area contributed by atoms with Crippen LogP contribution in [-0.4, -0.2) is 29.9 Å². The number of aromatic hydroxyl groups is 1. The van der Waals surface area contributed by atoms with Gasteiger partial charge in [-0.05, 0) is 55.0 Å². The first kappa shape index (κ1) is 16.2. The number of benzene rings is 2. The Balaban J connectivity index is 1.90. The number of phenolic OH excluding ortho intramolecular Hbond substituents is 1. The number of ether oxygens (including phenoxy) is 2. The lowest BCUT2D eigenvalue weighted by Gasteiger charge is -2.07. The molecule has 0 fully saturated rings. The van der Waals surface area contributed by atoms with Crippen LogP contribution in [0.5, 0.6) is 11.5 Å². The minimum Gasteiger partial charge on any atom is -0.508 e. The van der Waals surface area contributed by atoms with Gasteiger partial charge in [0, 0.05) is 5.56 Å². The van der Waals surface area contributed by atoms with Crippen molar-refractivity contribution >= 4 is 18.2 Å². The standard InChI is InChI=1S/C17H14O6/c1-11-8-13(19)4-7-15(11)17(21)23-16(20)10-22-14-5-2-12(9-18)3-6-14/h2-9,19H,10H2,1H3. The molecular formula is C17H14O6. The summed E-state index contributed by atoms with van der Waals surface area (Å²) in [7, 11) is 0. The minimum absolute atomic E-state index is 0.0208. The van der Waals surface area contributed by atoms with Gasteiger partial charge < -0.3 is 14.6 Å². The van der Waals surface area contributed by atoms with Crippen LogP contribution in [0.15, 0.2) is 42.5 Å². The quantitative estimate of drug-likeness (QED) is 0.517. The van der Waals surface area contributed by atoms with Gasteiger partial charge in [0.2, 0.25) is 0 Å². The molecule has 0 saturated heterocycles. The number of hydrogen-bond acceptors (Lipinski definition) is 6. The van der Waals surface area contributed by atoms with Crippen LogP contribution in [0, 0.1) is 6.92 Å². The van der Waals surface area contributed by atoms with Gasteiger partial charge in [-0.15, -0.1) is 0 Å². The molecule has 0 bridgehead atoms. The highest BCUT2D eigenvalue weighted by atomic mass is 16.6. The number of hydrogen-bond donors (Lipinski definition) is 1. The Labute approximate surface area is 132 Å². The summed E-state index contributed by atoms with van der Waals surface area (Å²) in [6.45, 7) is 1.18. The zero-order valence-corrected chi connectivity index (χ0v) is 12.3. The van der Waals surface area contributed by atoms with Crippen LogP contribution in [0.1, 0.15) is 26.3 Å². The molecule has 6 heteroatoms. The Bertz CT molecular complexity index is 733. The molecule has 23 heavy (non-hydrogen) atoms. The molecule has 1 N–H and O–H groups in total. The first-order chi connectivity index (χ1) is 11.0. The van der Waals surface area contributed by atoms with Crippen LogP contribution in [0.4, 0.5) is 0 Å². The lowest BCUT2D eigenvalue weighted by Crippen LogP contribution is -2.19. The van der Waals surface area contributed by atoms with Crippen molar-refractivity contribution < 1.29 is 29.0 Å². The topological polar surface area (TPSA) is 89.9 Å². The molecule has 0 aliphatic carbocycles. The van der Waals surface area contributed by atoms with Crippen molar-refractivity contribution in [2.24, 2.45) is 0 Å². The minimum atomic E-state index is -0.845. The summed E-state index contributed by atoms with van der Waals surface area (Å²) in [5, 5.41) is 9.29. The molecule has 118 valence electrons. The van der Waals surface area contributed by atoms with Gasteiger partial charge >= 0.3 is 11.9 Å². The van der Waals surface area contributed by atoms with E-state index >= 15 is 0 Å². The van der Waals surface area contributed by atoms with Crippen molar-refractivity contribution in [2.75, 3.05) is 6.61 Å². The second kappa shape index (κ2) is 7.22. The van der Waals surface area contributed by atoms with Gasteiger partial charge in [0.15, 0.2) is 6.61 Å². The van der Waals surface area contributed by atoms with E-state index in [2.05, 4.69) is 4.74 Å². The van der Waals surface area contributed by atoms with Crippen molar-refractivity contribution in [3.05, 3.63) is 59.2 Å². The largest absolute Gasteiger partial charge is 0.508 e. The summed E-state index contributed by atoms with van der Waals surface area (Å²) in [5.74, 6) is -1.26. The Morgan fingerprint density at radius 3 is 2.43 bits per heavy atom. The van der Waals surface area contributed by atoms with E-state index in [1.165, 1.54) is 30.3 Å². The maximum absolute atomic E-state index is 11.9. The van der Waals surface area contributed by atoms with Crippen molar-refractivity contribution in [3.63, 3.8) is 0 Å². The highest BCUT2D eigenvalue weighted by Crippen LogP contribution is 2.16. The zero-order valence-electron chi connectivity index (χ0n) is 12.3. The molecule has 0 aromatic heterocycles. The fraction of sp³-hybridized carbons (Fsp3) is 0.118. The van der Waals surface area contributed by atoms with E-state index < -0.39 is 18.5 Å². The molecule has 0 aliphatic heterocycles. The Morgan fingerprint density at radius 2 is 1.83 bits per heavy atom. The van der Waals surface area contributed by atoms with Gasteiger partial charge in [0.05, 0.1) is 5.56 Å². The van der Waals surface area contributed by atoms with Gasteiger partial charge in [-0.1, -0.05) is 0 Å². The third-order valence-corrected chi connectivity index (χ3v) is 3.01. The van der Waals surface area contributed by atoms with E-state index in [9.17, 15) is 19.5 Å². The normalized spacial score (nSPS) is 9.96. The van der Waals surface area contributed by atoms with Gasteiger partial charge in [0.1, 0.15) is 17.8 Å². The molecular weight excluding hydrogens is 300 g/mol. The van der Waals surface area contributed by atoms with Gasteiger partial charge in [-0.3, -0.25) is 4.79 Å². The monoisotopic (exact) mass is 314 g/mol. The third-order valence-electron chi connectivity index (χ3n) is 3.01. The molecule has 2 rings (SSSR count). The second-order valence-electron chi connectivity index (χ2n) is 4.74. The van der Waals surface area contributed by atoms with Gasteiger partial charge in [0.25, 0.3) is 0 Å². The van der Waals surface area contributed by atoms with E-state index in [4.69, 9.17) is 4.74 Å². The number of carbonyl (C=O) groups is 3. The molecule has 0 unspecified atom stereocenters. The van der Waals surface area contributed by atoms with E-state index in [0.29, 0.717) is 23.2 Å². The number of carbonyl (C=O) groups excluding carboxylic acids is 3. The van der Waals surface area contributed by atoms with Crippen LogP contribution in [0.3, 0.4) is 0 Å². The van der Waals surface area contributed by atoms with Gasteiger partial charge in [-0.2, -0.15) is 0 Å². The maximum atomic E-state index is 11.9. The van der Waals surface area contributed by atoms with E-state index in [1.54, 1.807) is 19.1 Å². The van der Waals surface area contributed by atoms with Crippen LogP contribution in [0.2, 0.25) is 0 Å². The lowest BCUT2D eigenvalue weighted by molar-refractivity contribution is -0.140. The van der Waals surface area contributed by atoms with E-state index in [-0.39, 0.29) is 11.3 Å². The number of rotatable bonds is 5.